The molecule has 100 valence electrons. The molecule has 2 rings (SSSR count). The highest BCUT2D eigenvalue weighted by molar-refractivity contribution is 6.30. The number of amides is 1. The minimum absolute atomic E-state index is 0.0614. The number of hydrogen-bond acceptors (Lipinski definition) is 2. The zero-order valence-corrected chi connectivity index (χ0v) is 10.0. The van der Waals surface area contributed by atoms with Crippen LogP contribution in [0.15, 0.2) is 30.6 Å². The van der Waals surface area contributed by atoms with Crippen LogP contribution in [-0.2, 0) is 6.18 Å². The van der Waals surface area contributed by atoms with Gasteiger partial charge in [-0.1, -0.05) is 11.6 Å². The molecule has 0 aliphatic heterocycles. The maximum atomic E-state index is 12.8. The Morgan fingerprint density at radius 1 is 1.37 bits per heavy atom. The van der Waals surface area contributed by atoms with E-state index in [1.165, 1.54) is 18.5 Å². The predicted molar refractivity (Wildman–Crippen MR) is 63.0 cm³/mol. The van der Waals surface area contributed by atoms with Gasteiger partial charge in [-0.05, 0) is 18.2 Å². The van der Waals surface area contributed by atoms with Gasteiger partial charge < -0.3 is 5.32 Å². The summed E-state index contributed by atoms with van der Waals surface area (Å²) in [6, 6.07) is 3.12. The second-order valence-corrected chi connectivity index (χ2v) is 4.07. The van der Waals surface area contributed by atoms with Crippen molar-refractivity contribution in [1.82, 2.24) is 10.2 Å². The lowest BCUT2D eigenvalue weighted by Crippen LogP contribution is -2.16. The fourth-order valence-corrected chi connectivity index (χ4v) is 1.60. The fourth-order valence-electron chi connectivity index (χ4n) is 1.43. The van der Waals surface area contributed by atoms with Crippen LogP contribution < -0.4 is 5.32 Å². The number of anilines is 1. The summed E-state index contributed by atoms with van der Waals surface area (Å²) >= 11 is 5.53. The summed E-state index contributed by atoms with van der Waals surface area (Å²) in [5, 5.41) is 8.04. The van der Waals surface area contributed by atoms with Crippen LogP contribution in [0.4, 0.5) is 18.9 Å². The molecule has 2 aromatic rings. The average molecular weight is 290 g/mol. The van der Waals surface area contributed by atoms with Crippen LogP contribution in [0.2, 0.25) is 5.02 Å². The van der Waals surface area contributed by atoms with Gasteiger partial charge in [-0.15, -0.1) is 0 Å². The van der Waals surface area contributed by atoms with Crippen LogP contribution in [-0.4, -0.2) is 16.1 Å². The van der Waals surface area contributed by atoms with Crippen molar-refractivity contribution in [3.05, 3.63) is 46.7 Å². The molecule has 0 aliphatic rings. The Kier molecular flexibility index (Phi) is 3.48. The monoisotopic (exact) mass is 289 g/mol. The molecule has 8 heteroatoms. The molecule has 19 heavy (non-hydrogen) atoms. The van der Waals surface area contributed by atoms with Gasteiger partial charge in [0.2, 0.25) is 0 Å². The lowest BCUT2D eigenvalue weighted by molar-refractivity contribution is -0.136. The van der Waals surface area contributed by atoms with E-state index in [2.05, 4.69) is 15.5 Å². The molecular formula is C11H7ClF3N3O. The van der Waals surface area contributed by atoms with Crippen LogP contribution in [0.1, 0.15) is 15.9 Å². The summed E-state index contributed by atoms with van der Waals surface area (Å²) < 4.78 is 38.4. The first-order valence-electron chi connectivity index (χ1n) is 5.05. The first kappa shape index (κ1) is 13.4. The van der Waals surface area contributed by atoms with Crippen molar-refractivity contribution < 1.29 is 18.0 Å². The lowest BCUT2D eigenvalue weighted by atomic mass is 10.1. The number of aromatic amines is 1. The molecule has 0 aliphatic carbocycles. The standard InChI is InChI=1S/C11H7ClF3N3O/c12-7-1-2-9(8(3-7)11(13,14)15)18-10(19)6-4-16-17-5-6/h1-5H,(H,16,17)(H,18,19). The van der Waals surface area contributed by atoms with Crippen molar-refractivity contribution in [3.63, 3.8) is 0 Å². The summed E-state index contributed by atoms with van der Waals surface area (Å²) in [5.41, 5.74) is -1.23. The van der Waals surface area contributed by atoms with Crippen molar-refractivity contribution in [1.29, 1.82) is 0 Å². The number of alkyl halides is 3. The van der Waals surface area contributed by atoms with Crippen molar-refractivity contribution in [3.8, 4) is 0 Å². The molecule has 0 bridgehead atoms. The molecule has 0 fully saturated rings. The van der Waals surface area contributed by atoms with E-state index in [0.29, 0.717) is 0 Å². The van der Waals surface area contributed by atoms with Gasteiger partial charge in [0.1, 0.15) is 0 Å². The van der Waals surface area contributed by atoms with Crippen molar-refractivity contribution in [2.75, 3.05) is 5.32 Å². The Morgan fingerprint density at radius 2 is 2.11 bits per heavy atom. The van der Waals surface area contributed by atoms with E-state index in [1.807, 2.05) is 0 Å². The van der Waals surface area contributed by atoms with Crippen LogP contribution in [0.5, 0.6) is 0 Å². The summed E-state index contributed by atoms with van der Waals surface area (Å²) in [5.74, 6) is -0.693. The maximum Gasteiger partial charge on any atom is 0.418 e. The molecule has 1 aromatic heterocycles. The molecule has 0 radical (unpaired) electrons. The van der Waals surface area contributed by atoms with Gasteiger partial charge in [-0.3, -0.25) is 9.89 Å². The third-order valence-electron chi connectivity index (χ3n) is 2.30. The van der Waals surface area contributed by atoms with Crippen molar-refractivity contribution in [2.45, 2.75) is 6.18 Å². The zero-order chi connectivity index (χ0) is 14.0. The largest absolute Gasteiger partial charge is 0.418 e. The first-order valence-corrected chi connectivity index (χ1v) is 5.42. The highest BCUT2D eigenvalue weighted by Crippen LogP contribution is 2.36. The maximum absolute atomic E-state index is 12.8. The molecule has 4 nitrogen and oxygen atoms in total. The number of nitrogens with one attached hydrogen (secondary N) is 2. The summed E-state index contributed by atoms with van der Waals surface area (Å²) in [6.45, 7) is 0. The molecular weight excluding hydrogens is 283 g/mol. The number of rotatable bonds is 2. The van der Waals surface area contributed by atoms with E-state index < -0.39 is 17.6 Å². The van der Waals surface area contributed by atoms with Crippen LogP contribution in [0.3, 0.4) is 0 Å². The minimum atomic E-state index is -4.61. The Labute approximate surface area is 110 Å². The normalized spacial score (nSPS) is 11.4. The van der Waals surface area contributed by atoms with Crippen molar-refractivity contribution in [2.24, 2.45) is 0 Å². The molecule has 2 N–H and O–H groups in total. The number of H-pyrrole nitrogens is 1. The number of benzene rings is 1. The third-order valence-corrected chi connectivity index (χ3v) is 2.53. The van der Waals surface area contributed by atoms with Gasteiger partial charge in [0.15, 0.2) is 0 Å². The zero-order valence-electron chi connectivity index (χ0n) is 9.25. The van der Waals surface area contributed by atoms with E-state index in [1.54, 1.807) is 0 Å². The van der Waals surface area contributed by atoms with E-state index in [4.69, 9.17) is 11.6 Å². The summed E-state index contributed by atoms with van der Waals surface area (Å²) in [6.07, 6.45) is -2.12. The second-order valence-electron chi connectivity index (χ2n) is 3.63. The molecule has 1 heterocycles. The molecule has 0 saturated carbocycles. The quantitative estimate of drug-likeness (QED) is 0.891. The Hall–Kier alpha value is -2.02. The predicted octanol–water partition coefficient (Wildman–Crippen LogP) is 3.33. The smallest absolute Gasteiger partial charge is 0.321 e. The average Bonchev–Trinajstić information content (AvgIpc) is 2.83. The number of hydrogen-bond donors (Lipinski definition) is 2. The van der Waals surface area contributed by atoms with Gasteiger partial charge in [0.05, 0.1) is 23.0 Å². The van der Waals surface area contributed by atoms with Crippen molar-refractivity contribution >= 4 is 23.2 Å². The Bertz CT molecular complexity index is 596. The van der Waals surface area contributed by atoms with E-state index >= 15 is 0 Å². The number of carbonyl (C=O) groups is 1. The van der Waals surface area contributed by atoms with Gasteiger partial charge in [0.25, 0.3) is 5.91 Å². The molecule has 1 aromatic carbocycles. The van der Waals surface area contributed by atoms with Gasteiger partial charge in [-0.2, -0.15) is 18.3 Å². The molecule has 0 unspecified atom stereocenters. The van der Waals surface area contributed by atoms with E-state index in [9.17, 15) is 18.0 Å². The fraction of sp³-hybridized carbons (Fsp3) is 0.0909. The number of halogens is 4. The SMILES string of the molecule is O=C(Nc1ccc(Cl)cc1C(F)(F)F)c1cn[nH]c1. The van der Waals surface area contributed by atoms with Crippen LogP contribution in [0, 0.1) is 0 Å². The Balaban J connectivity index is 2.33. The topological polar surface area (TPSA) is 57.8 Å². The van der Waals surface area contributed by atoms with Gasteiger partial charge >= 0.3 is 6.18 Å². The second kappa shape index (κ2) is 4.93. The van der Waals surface area contributed by atoms with E-state index in [0.717, 1.165) is 12.1 Å². The van der Waals surface area contributed by atoms with Gasteiger partial charge in [-0.25, -0.2) is 0 Å². The number of nitrogens with zero attached hydrogens (tertiary/aromatic N) is 1. The Morgan fingerprint density at radius 3 is 2.68 bits per heavy atom. The molecule has 1 amide bonds. The highest BCUT2D eigenvalue weighted by atomic mass is 35.5. The molecule has 0 atom stereocenters. The first-order chi connectivity index (χ1) is 8.88. The van der Waals surface area contributed by atoms with Crippen LogP contribution in [0.25, 0.3) is 0 Å². The number of aromatic nitrogens is 2. The minimum Gasteiger partial charge on any atom is -0.321 e. The third kappa shape index (κ3) is 3.05. The summed E-state index contributed by atoms with van der Waals surface area (Å²) in [4.78, 5) is 11.7. The van der Waals surface area contributed by atoms with Crippen LogP contribution >= 0.6 is 11.6 Å². The molecule has 0 spiro atoms. The lowest BCUT2D eigenvalue weighted by Gasteiger charge is -2.13. The van der Waals surface area contributed by atoms with Gasteiger partial charge in [0, 0.05) is 11.2 Å². The highest BCUT2D eigenvalue weighted by Gasteiger charge is 2.34. The number of carbonyl (C=O) groups excluding carboxylic acids is 1. The molecule has 0 saturated heterocycles. The van der Waals surface area contributed by atoms with E-state index in [-0.39, 0.29) is 16.3 Å². The summed E-state index contributed by atoms with van der Waals surface area (Å²) in [7, 11) is 0.